The van der Waals surface area contributed by atoms with Gasteiger partial charge in [-0.25, -0.2) is 0 Å². The number of anilines is 1. The van der Waals surface area contributed by atoms with Crippen LogP contribution in [0, 0.1) is 23.0 Å². The first kappa shape index (κ1) is 18.8. The van der Waals surface area contributed by atoms with E-state index < -0.39 is 0 Å². The maximum absolute atomic E-state index is 11.3. The number of nitro groups is 1. The Bertz CT molecular complexity index is 989. The van der Waals surface area contributed by atoms with Crippen molar-refractivity contribution in [1.29, 1.82) is 0 Å². The molecule has 0 aromatic heterocycles. The van der Waals surface area contributed by atoms with Crippen LogP contribution in [-0.2, 0) is 0 Å². The van der Waals surface area contributed by atoms with E-state index in [4.69, 9.17) is 9.47 Å². The van der Waals surface area contributed by atoms with E-state index in [0.29, 0.717) is 11.5 Å². The van der Waals surface area contributed by atoms with Crippen LogP contribution >= 0.6 is 15.9 Å². The number of non-ortho nitro benzene ring substituents is 1. The number of hydrogen-bond donors (Lipinski definition) is 1. The van der Waals surface area contributed by atoms with Crippen LogP contribution < -0.4 is 14.8 Å². The zero-order valence-electron chi connectivity index (χ0n) is 15.9. The van der Waals surface area contributed by atoms with Gasteiger partial charge >= 0.3 is 0 Å². The van der Waals surface area contributed by atoms with Crippen molar-refractivity contribution in [1.82, 2.24) is 0 Å². The van der Waals surface area contributed by atoms with Crippen molar-refractivity contribution in [3.63, 3.8) is 0 Å². The fourth-order valence-electron chi connectivity index (χ4n) is 4.42. The van der Waals surface area contributed by atoms with Crippen LogP contribution in [-0.4, -0.2) is 19.1 Å². The summed E-state index contributed by atoms with van der Waals surface area (Å²) in [6.07, 6.45) is 5.26. The van der Waals surface area contributed by atoms with Crippen LogP contribution in [0.25, 0.3) is 0 Å². The Balaban J connectivity index is 1.82. The van der Waals surface area contributed by atoms with E-state index in [1.54, 1.807) is 26.4 Å². The van der Waals surface area contributed by atoms with Crippen molar-refractivity contribution >= 4 is 27.3 Å². The number of fused-ring (bicyclic) bond motifs is 3. The van der Waals surface area contributed by atoms with Crippen molar-refractivity contribution in [2.75, 3.05) is 19.5 Å². The molecule has 0 saturated heterocycles. The van der Waals surface area contributed by atoms with Gasteiger partial charge in [-0.1, -0.05) is 12.2 Å². The number of aryl methyl sites for hydroxylation is 1. The highest BCUT2D eigenvalue weighted by Gasteiger charge is 2.39. The first-order valence-electron chi connectivity index (χ1n) is 9.08. The predicted molar refractivity (Wildman–Crippen MR) is 111 cm³/mol. The average Bonchev–Trinajstić information content (AvgIpc) is 3.16. The topological polar surface area (TPSA) is 73.6 Å². The van der Waals surface area contributed by atoms with Gasteiger partial charge in [-0.05, 0) is 64.0 Å². The molecule has 1 heterocycles. The van der Waals surface area contributed by atoms with Crippen LogP contribution in [0.3, 0.4) is 0 Å². The van der Waals surface area contributed by atoms with Crippen molar-refractivity contribution in [2.24, 2.45) is 5.92 Å². The Morgan fingerprint density at radius 1 is 1.21 bits per heavy atom. The lowest BCUT2D eigenvalue weighted by Gasteiger charge is -2.38. The lowest BCUT2D eigenvalue weighted by molar-refractivity contribution is -0.385. The molecule has 1 N–H and O–H groups in total. The minimum atomic E-state index is -0.321. The molecule has 0 amide bonds. The van der Waals surface area contributed by atoms with Crippen molar-refractivity contribution in [2.45, 2.75) is 25.3 Å². The Morgan fingerprint density at radius 2 is 2.00 bits per heavy atom. The average molecular weight is 445 g/mol. The monoisotopic (exact) mass is 444 g/mol. The SMILES string of the molecule is COc1cc([C@@H]2Nc3c(C)cc([N+](=O)[O-])cc3[C@H]3C=CC[C@@H]32)cc(Br)c1OC. The maximum atomic E-state index is 11.3. The molecule has 7 heteroatoms. The van der Waals surface area contributed by atoms with Gasteiger partial charge in [0, 0.05) is 23.7 Å². The normalized spacial score (nSPS) is 22.2. The van der Waals surface area contributed by atoms with E-state index in [1.807, 2.05) is 13.0 Å². The molecular formula is C21H21BrN2O4. The largest absolute Gasteiger partial charge is 0.493 e. The highest BCUT2D eigenvalue weighted by molar-refractivity contribution is 9.10. The minimum absolute atomic E-state index is 0.0590. The lowest BCUT2D eigenvalue weighted by atomic mass is 9.76. The molecule has 0 unspecified atom stereocenters. The molecule has 0 radical (unpaired) electrons. The number of benzene rings is 2. The second kappa shape index (κ2) is 7.13. The highest BCUT2D eigenvalue weighted by atomic mass is 79.9. The van der Waals surface area contributed by atoms with E-state index in [9.17, 15) is 10.1 Å². The highest BCUT2D eigenvalue weighted by Crippen LogP contribution is 2.52. The molecule has 0 bridgehead atoms. The molecule has 0 fully saturated rings. The number of allylic oxidation sites excluding steroid dienone is 2. The number of hydrogen-bond acceptors (Lipinski definition) is 5. The molecule has 28 heavy (non-hydrogen) atoms. The van der Waals surface area contributed by atoms with Crippen LogP contribution in [0.1, 0.15) is 35.1 Å². The zero-order chi connectivity index (χ0) is 20.0. The van der Waals surface area contributed by atoms with Crippen LogP contribution in [0.15, 0.2) is 40.9 Å². The van der Waals surface area contributed by atoms with E-state index in [0.717, 1.165) is 33.3 Å². The van der Waals surface area contributed by atoms with Crippen molar-refractivity contribution in [3.8, 4) is 11.5 Å². The summed E-state index contributed by atoms with van der Waals surface area (Å²) in [5.41, 5.74) is 4.10. The molecule has 1 aliphatic heterocycles. The van der Waals surface area contributed by atoms with Gasteiger partial charge in [-0.3, -0.25) is 10.1 Å². The van der Waals surface area contributed by atoms with Gasteiger partial charge < -0.3 is 14.8 Å². The van der Waals surface area contributed by atoms with Gasteiger partial charge in [0.25, 0.3) is 5.69 Å². The Labute approximate surface area is 171 Å². The molecule has 2 aliphatic rings. The number of halogens is 1. The Kier molecular flexibility index (Phi) is 4.79. The Morgan fingerprint density at radius 3 is 2.68 bits per heavy atom. The molecule has 6 nitrogen and oxygen atoms in total. The van der Waals surface area contributed by atoms with E-state index in [1.165, 1.54) is 0 Å². The molecule has 2 aromatic rings. The van der Waals surface area contributed by atoms with Crippen molar-refractivity contribution < 1.29 is 14.4 Å². The number of nitrogens with zero attached hydrogens (tertiary/aromatic N) is 1. The van der Waals surface area contributed by atoms with Gasteiger partial charge in [0.15, 0.2) is 11.5 Å². The molecule has 1 aliphatic carbocycles. The first-order chi connectivity index (χ1) is 13.4. The van der Waals surface area contributed by atoms with Gasteiger partial charge in [0.1, 0.15) is 0 Å². The van der Waals surface area contributed by atoms with Gasteiger partial charge in [-0.15, -0.1) is 0 Å². The van der Waals surface area contributed by atoms with Crippen LogP contribution in [0.2, 0.25) is 0 Å². The standard InChI is InChI=1S/C21H21BrN2O4/c1-11-7-13(24(25)26)10-16-14-5-4-6-15(14)20(23-19(11)16)12-8-17(22)21(28-3)18(9-12)27-2/h4-5,7-10,14-15,20,23H,6H2,1-3H3/t14-,15-,20-/m0/s1. The smallest absolute Gasteiger partial charge is 0.270 e. The van der Waals surface area contributed by atoms with Crippen LogP contribution in [0.4, 0.5) is 11.4 Å². The summed E-state index contributed by atoms with van der Waals surface area (Å²) < 4.78 is 11.8. The van der Waals surface area contributed by atoms with Gasteiger partial charge in [0.2, 0.25) is 0 Å². The Hall–Kier alpha value is -2.54. The fraction of sp³-hybridized carbons (Fsp3) is 0.333. The second-order valence-corrected chi connectivity index (χ2v) is 8.05. The lowest BCUT2D eigenvalue weighted by Crippen LogP contribution is -2.29. The number of methoxy groups -OCH3 is 2. The predicted octanol–water partition coefficient (Wildman–Crippen LogP) is 5.51. The van der Waals surface area contributed by atoms with E-state index >= 15 is 0 Å². The fourth-order valence-corrected chi connectivity index (χ4v) is 5.04. The molecule has 0 saturated carbocycles. The third kappa shape index (κ3) is 2.94. The van der Waals surface area contributed by atoms with Crippen molar-refractivity contribution in [3.05, 3.63) is 67.7 Å². The number of rotatable bonds is 4. The summed E-state index contributed by atoms with van der Waals surface area (Å²) >= 11 is 3.59. The summed E-state index contributed by atoms with van der Waals surface area (Å²) in [5.74, 6) is 1.75. The molecule has 0 spiro atoms. The minimum Gasteiger partial charge on any atom is -0.493 e. The summed E-state index contributed by atoms with van der Waals surface area (Å²) in [6, 6.07) is 7.46. The summed E-state index contributed by atoms with van der Waals surface area (Å²) in [4.78, 5) is 11.0. The van der Waals surface area contributed by atoms with Gasteiger partial charge in [-0.2, -0.15) is 0 Å². The molecule has 4 rings (SSSR count). The van der Waals surface area contributed by atoms with Gasteiger partial charge in [0.05, 0.1) is 29.7 Å². The number of nitrogens with one attached hydrogen (secondary N) is 1. The summed E-state index contributed by atoms with van der Waals surface area (Å²) in [5, 5.41) is 15.0. The third-order valence-electron chi connectivity index (χ3n) is 5.68. The van der Waals surface area contributed by atoms with E-state index in [2.05, 4.69) is 39.5 Å². The zero-order valence-corrected chi connectivity index (χ0v) is 17.4. The summed E-state index contributed by atoms with van der Waals surface area (Å²) in [7, 11) is 3.24. The summed E-state index contributed by atoms with van der Waals surface area (Å²) in [6.45, 7) is 1.92. The number of ether oxygens (including phenoxy) is 2. The quantitative estimate of drug-likeness (QED) is 0.382. The maximum Gasteiger partial charge on any atom is 0.270 e. The second-order valence-electron chi connectivity index (χ2n) is 7.20. The molecular weight excluding hydrogens is 424 g/mol. The van der Waals surface area contributed by atoms with E-state index in [-0.39, 0.29) is 28.5 Å². The number of nitro benzene ring substituents is 1. The molecule has 2 aromatic carbocycles. The third-order valence-corrected chi connectivity index (χ3v) is 6.27. The molecule has 146 valence electrons. The van der Waals surface area contributed by atoms with Crippen LogP contribution in [0.5, 0.6) is 11.5 Å². The first-order valence-corrected chi connectivity index (χ1v) is 9.87. The molecule has 3 atom stereocenters.